The predicted octanol–water partition coefficient (Wildman–Crippen LogP) is 3.51. The molecule has 1 fully saturated rings. The first-order valence-electron chi connectivity index (χ1n) is 7.28. The van der Waals surface area contributed by atoms with Crippen LogP contribution in [-0.2, 0) is 5.60 Å². The summed E-state index contributed by atoms with van der Waals surface area (Å²) in [5, 5.41) is 13.5. The number of hydrogen-bond donors (Lipinski definition) is 2. The van der Waals surface area contributed by atoms with Gasteiger partial charge in [-0.2, -0.15) is 13.2 Å². The number of alkyl halides is 3. The zero-order valence-corrected chi connectivity index (χ0v) is 12.3. The lowest BCUT2D eigenvalue weighted by Gasteiger charge is -2.32. The van der Waals surface area contributed by atoms with Crippen molar-refractivity contribution in [1.29, 1.82) is 0 Å². The number of aliphatic hydroxyl groups is 1. The third-order valence-corrected chi connectivity index (χ3v) is 4.20. The molecule has 0 unspecified atom stereocenters. The smallest absolute Gasteiger partial charge is 0.391 e. The monoisotopic (exact) mass is 305 g/mol. The zero-order chi connectivity index (χ0) is 15.7. The van der Waals surface area contributed by atoms with Crippen LogP contribution in [0.25, 0.3) is 0 Å². The highest BCUT2D eigenvalue weighted by Gasteiger charge is 2.41. The normalized spacial score (nSPS) is 26.6. The summed E-state index contributed by atoms with van der Waals surface area (Å²) >= 11 is 0. The van der Waals surface area contributed by atoms with Crippen molar-refractivity contribution in [3.63, 3.8) is 0 Å². The Kier molecular flexibility index (Phi) is 4.68. The Morgan fingerprint density at radius 2 is 1.86 bits per heavy atom. The molecule has 2 N–H and O–H groups in total. The standard InChI is InChI=1S/C15H22F3NO2/c1-10-3-8-13(21-10)14(2,20)9-19-12-6-4-11(5-7-12)15(16,17)18/h3,8,11-12,19-20H,4-7,9H2,1-2H3/t11?,12?,14-/m1/s1. The molecule has 2 rings (SSSR count). The summed E-state index contributed by atoms with van der Waals surface area (Å²) < 4.78 is 43.2. The molecule has 0 radical (unpaired) electrons. The fourth-order valence-corrected chi connectivity index (χ4v) is 2.78. The molecule has 0 spiro atoms. The Morgan fingerprint density at radius 1 is 1.24 bits per heavy atom. The van der Waals surface area contributed by atoms with E-state index in [4.69, 9.17) is 4.42 Å². The maximum Gasteiger partial charge on any atom is 0.391 e. The van der Waals surface area contributed by atoms with E-state index in [1.807, 2.05) is 0 Å². The van der Waals surface area contributed by atoms with Gasteiger partial charge in [0.1, 0.15) is 17.1 Å². The fraction of sp³-hybridized carbons (Fsp3) is 0.733. The third-order valence-electron chi connectivity index (χ3n) is 4.20. The second kappa shape index (κ2) is 6.01. The Balaban J connectivity index is 1.82. The van der Waals surface area contributed by atoms with Crippen molar-refractivity contribution in [1.82, 2.24) is 5.32 Å². The molecule has 1 aromatic heterocycles. The van der Waals surface area contributed by atoms with E-state index in [1.165, 1.54) is 0 Å². The summed E-state index contributed by atoms with van der Waals surface area (Å²) in [7, 11) is 0. The number of nitrogens with one attached hydrogen (secondary N) is 1. The van der Waals surface area contributed by atoms with E-state index in [0.717, 1.165) is 5.76 Å². The van der Waals surface area contributed by atoms with Crippen LogP contribution in [0, 0.1) is 12.8 Å². The first kappa shape index (κ1) is 16.4. The highest BCUT2D eigenvalue weighted by atomic mass is 19.4. The van der Waals surface area contributed by atoms with Crippen molar-refractivity contribution >= 4 is 0 Å². The summed E-state index contributed by atoms with van der Waals surface area (Å²) in [6.45, 7) is 3.70. The lowest BCUT2D eigenvalue weighted by atomic mass is 9.85. The average molecular weight is 305 g/mol. The van der Waals surface area contributed by atoms with Gasteiger partial charge < -0.3 is 14.8 Å². The summed E-state index contributed by atoms with van der Waals surface area (Å²) in [4.78, 5) is 0. The van der Waals surface area contributed by atoms with E-state index < -0.39 is 17.7 Å². The minimum atomic E-state index is -4.08. The quantitative estimate of drug-likeness (QED) is 0.895. The van der Waals surface area contributed by atoms with Gasteiger partial charge in [0.15, 0.2) is 0 Å². The molecule has 0 bridgehead atoms. The van der Waals surface area contributed by atoms with E-state index in [2.05, 4.69) is 5.32 Å². The Labute approximate surface area is 122 Å². The summed E-state index contributed by atoms with van der Waals surface area (Å²) in [6.07, 6.45) is -2.80. The van der Waals surface area contributed by atoms with Gasteiger partial charge >= 0.3 is 6.18 Å². The zero-order valence-electron chi connectivity index (χ0n) is 12.3. The van der Waals surface area contributed by atoms with Crippen LogP contribution < -0.4 is 5.32 Å². The SMILES string of the molecule is Cc1ccc([C@](C)(O)CNC2CCC(C(F)(F)F)CC2)o1. The molecule has 120 valence electrons. The van der Waals surface area contributed by atoms with Crippen LogP contribution in [-0.4, -0.2) is 23.9 Å². The lowest BCUT2D eigenvalue weighted by Crippen LogP contribution is -2.43. The maximum absolute atomic E-state index is 12.6. The van der Waals surface area contributed by atoms with Crippen molar-refractivity contribution in [2.45, 2.75) is 57.3 Å². The molecule has 3 nitrogen and oxygen atoms in total. The molecular weight excluding hydrogens is 283 g/mol. The van der Waals surface area contributed by atoms with E-state index in [0.29, 0.717) is 18.6 Å². The van der Waals surface area contributed by atoms with Crippen molar-refractivity contribution in [3.8, 4) is 0 Å². The third kappa shape index (κ3) is 4.23. The minimum Gasteiger partial charge on any atom is -0.463 e. The van der Waals surface area contributed by atoms with Gasteiger partial charge in [-0.05, 0) is 51.7 Å². The number of halogens is 3. The molecule has 1 heterocycles. The number of aryl methyl sites for hydroxylation is 1. The van der Waals surface area contributed by atoms with Gasteiger partial charge in [-0.3, -0.25) is 0 Å². The van der Waals surface area contributed by atoms with E-state index >= 15 is 0 Å². The molecule has 21 heavy (non-hydrogen) atoms. The topological polar surface area (TPSA) is 45.4 Å². The van der Waals surface area contributed by atoms with Crippen LogP contribution in [0.3, 0.4) is 0 Å². The Morgan fingerprint density at radius 3 is 2.33 bits per heavy atom. The summed E-state index contributed by atoms with van der Waals surface area (Å²) in [5.41, 5.74) is -1.16. The number of furan rings is 1. The predicted molar refractivity (Wildman–Crippen MR) is 72.8 cm³/mol. The number of rotatable bonds is 4. The Hall–Kier alpha value is -1.01. The molecule has 1 aromatic rings. The van der Waals surface area contributed by atoms with Crippen molar-refractivity contribution in [3.05, 3.63) is 23.7 Å². The van der Waals surface area contributed by atoms with Crippen LogP contribution in [0.5, 0.6) is 0 Å². The molecule has 0 aliphatic heterocycles. The van der Waals surface area contributed by atoms with Gasteiger partial charge in [-0.25, -0.2) is 0 Å². The maximum atomic E-state index is 12.6. The fourth-order valence-electron chi connectivity index (χ4n) is 2.78. The average Bonchev–Trinajstić information content (AvgIpc) is 2.83. The van der Waals surface area contributed by atoms with Crippen molar-refractivity contribution in [2.24, 2.45) is 5.92 Å². The molecule has 0 amide bonds. The molecule has 1 aliphatic carbocycles. The van der Waals surface area contributed by atoms with Crippen LogP contribution in [0.2, 0.25) is 0 Å². The molecule has 0 saturated heterocycles. The molecule has 1 saturated carbocycles. The molecule has 1 aliphatic rings. The minimum absolute atomic E-state index is 0.0196. The summed E-state index contributed by atoms with van der Waals surface area (Å²) in [5.74, 6) is 0.0104. The van der Waals surface area contributed by atoms with Gasteiger partial charge in [0, 0.05) is 12.6 Å². The van der Waals surface area contributed by atoms with Gasteiger partial charge in [-0.1, -0.05) is 0 Å². The second-order valence-electron chi connectivity index (χ2n) is 6.16. The summed E-state index contributed by atoms with van der Waals surface area (Å²) in [6, 6.07) is 3.52. The van der Waals surface area contributed by atoms with E-state index in [-0.39, 0.29) is 25.4 Å². The number of hydrogen-bond acceptors (Lipinski definition) is 3. The lowest BCUT2D eigenvalue weighted by molar-refractivity contribution is -0.182. The van der Waals surface area contributed by atoms with Crippen LogP contribution >= 0.6 is 0 Å². The second-order valence-corrected chi connectivity index (χ2v) is 6.16. The van der Waals surface area contributed by atoms with E-state index in [1.54, 1.807) is 26.0 Å². The highest BCUT2D eigenvalue weighted by molar-refractivity contribution is 5.12. The first-order valence-corrected chi connectivity index (χ1v) is 7.28. The van der Waals surface area contributed by atoms with Gasteiger partial charge in [-0.15, -0.1) is 0 Å². The largest absolute Gasteiger partial charge is 0.463 e. The van der Waals surface area contributed by atoms with Crippen LogP contribution in [0.1, 0.15) is 44.1 Å². The molecule has 1 atom stereocenters. The van der Waals surface area contributed by atoms with Gasteiger partial charge in [0.2, 0.25) is 0 Å². The van der Waals surface area contributed by atoms with Crippen LogP contribution in [0.15, 0.2) is 16.5 Å². The molecule has 0 aromatic carbocycles. The molecular formula is C15H22F3NO2. The van der Waals surface area contributed by atoms with Crippen molar-refractivity contribution < 1.29 is 22.7 Å². The van der Waals surface area contributed by atoms with Crippen molar-refractivity contribution in [2.75, 3.05) is 6.54 Å². The van der Waals surface area contributed by atoms with Gasteiger partial charge in [0.25, 0.3) is 0 Å². The van der Waals surface area contributed by atoms with Gasteiger partial charge in [0.05, 0.1) is 5.92 Å². The Bertz CT molecular complexity index is 460. The highest BCUT2D eigenvalue weighted by Crippen LogP contribution is 2.37. The molecule has 6 heteroatoms. The van der Waals surface area contributed by atoms with Crippen LogP contribution in [0.4, 0.5) is 13.2 Å². The first-order chi connectivity index (χ1) is 9.68. The van der Waals surface area contributed by atoms with E-state index in [9.17, 15) is 18.3 Å².